The first kappa shape index (κ1) is 8.76. The lowest BCUT2D eigenvalue weighted by atomic mass is 10.6. The van der Waals surface area contributed by atoms with Gasteiger partial charge in [0.25, 0.3) is 0 Å². The van der Waals surface area contributed by atoms with Crippen LogP contribution in [0.4, 0.5) is 5.13 Å². The molecule has 0 amide bonds. The standard InChI is InChI=1S/C5H10N4S2/c1-2-3-10-5-9-8-4(7-6)11-5/h2-3,6H2,1H3,(H,7,8). The van der Waals surface area contributed by atoms with Crippen molar-refractivity contribution >= 4 is 28.2 Å². The molecule has 0 radical (unpaired) electrons. The number of hydrogen-bond donors (Lipinski definition) is 2. The molecule has 0 fully saturated rings. The van der Waals surface area contributed by atoms with Gasteiger partial charge in [0.15, 0.2) is 4.34 Å². The highest BCUT2D eigenvalue weighted by Crippen LogP contribution is 2.24. The summed E-state index contributed by atoms with van der Waals surface area (Å²) in [7, 11) is 0. The molecule has 6 heteroatoms. The first-order valence-corrected chi connectivity index (χ1v) is 5.10. The maximum atomic E-state index is 5.14. The molecule has 1 aromatic rings. The Hall–Kier alpha value is -0.330. The maximum absolute atomic E-state index is 5.14. The van der Waals surface area contributed by atoms with Crippen LogP contribution in [0.3, 0.4) is 0 Å². The van der Waals surface area contributed by atoms with Gasteiger partial charge < -0.3 is 0 Å². The quantitative estimate of drug-likeness (QED) is 0.426. The van der Waals surface area contributed by atoms with Crippen LogP contribution >= 0.6 is 23.1 Å². The predicted molar refractivity (Wildman–Crippen MR) is 48.7 cm³/mol. The number of rotatable bonds is 4. The van der Waals surface area contributed by atoms with Crippen molar-refractivity contribution in [3.8, 4) is 0 Å². The second-order valence-electron chi connectivity index (χ2n) is 1.87. The van der Waals surface area contributed by atoms with Crippen molar-refractivity contribution in [1.82, 2.24) is 10.2 Å². The molecule has 0 saturated heterocycles. The molecule has 0 aliphatic carbocycles. The van der Waals surface area contributed by atoms with Crippen LogP contribution in [0.25, 0.3) is 0 Å². The molecule has 1 rings (SSSR count). The molecule has 1 heterocycles. The molecule has 0 saturated carbocycles. The van der Waals surface area contributed by atoms with Gasteiger partial charge in [0.05, 0.1) is 0 Å². The summed E-state index contributed by atoms with van der Waals surface area (Å²) in [6, 6.07) is 0. The molecular weight excluding hydrogens is 180 g/mol. The summed E-state index contributed by atoms with van der Waals surface area (Å²) in [4.78, 5) is 0. The smallest absolute Gasteiger partial charge is 0.220 e. The predicted octanol–water partition coefficient (Wildman–Crippen LogP) is 1.33. The van der Waals surface area contributed by atoms with E-state index in [4.69, 9.17) is 5.84 Å². The fraction of sp³-hybridized carbons (Fsp3) is 0.600. The average molecular weight is 190 g/mol. The third kappa shape index (κ3) is 2.64. The van der Waals surface area contributed by atoms with Crippen LogP contribution in [0.1, 0.15) is 13.3 Å². The van der Waals surface area contributed by atoms with Crippen LogP contribution in [0.2, 0.25) is 0 Å². The van der Waals surface area contributed by atoms with Crippen LogP contribution in [0.15, 0.2) is 4.34 Å². The summed E-state index contributed by atoms with van der Waals surface area (Å²) in [5.41, 5.74) is 2.46. The highest BCUT2D eigenvalue weighted by atomic mass is 32.2. The normalized spacial score (nSPS) is 10.0. The van der Waals surface area contributed by atoms with Crippen LogP contribution in [-0.4, -0.2) is 16.0 Å². The Bertz CT molecular complexity index is 212. The minimum Gasteiger partial charge on any atom is -0.298 e. The summed E-state index contributed by atoms with van der Waals surface area (Å²) in [5.74, 6) is 6.22. The number of nitrogen functional groups attached to an aromatic ring is 1. The second-order valence-corrected chi connectivity index (χ2v) is 4.19. The molecular formula is C5H10N4S2. The van der Waals surface area contributed by atoms with Gasteiger partial charge in [-0.25, -0.2) is 5.84 Å². The summed E-state index contributed by atoms with van der Waals surface area (Å²) >= 11 is 3.18. The van der Waals surface area contributed by atoms with Gasteiger partial charge in [-0.3, -0.25) is 5.43 Å². The van der Waals surface area contributed by atoms with Crippen molar-refractivity contribution in [1.29, 1.82) is 0 Å². The van der Waals surface area contributed by atoms with Crippen LogP contribution in [0, 0.1) is 0 Å². The van der Waals surface area contributed by atoms with E-state index in [-0.39, 0.29) is 0 Å². The van der Waals surface area contributed by atoms with Crippen molar-refractivity contribution in [2.45, 2.75) is 17.7 Å². The van der Waals surface area contributed by atoms with E-state index in [1.807, 2.05) is 0 Å². The average Bonchev–Trinajstić information content (AvgIpc) is 2.48. The van der Waals surface area contributed by atoms with Gasteiger partial charge >= 0.3 is 0 Å². The molecule has 62 valence electrons. The number of nitrogens with two attached hydrogens (primary N) is 1. The zero-order chi connectivity index (χ0) is 8.10. The van der Waals surface area contributed by atoms with Gasteiger partial charge in [0.2, 0.25) is 5.13 Å². The molecule has 11 heavy (non-hydrogen) atoms. The van der Waals surface area contributed by atoms with Crippen molar-refractivity contribution < 1.29 is 0 Å². The maximum Gasteiger partial charge on any atom is 0.220 e. The van der Waals surface area contributed by atoms with Crippen molar-refractivity contribution in [3.05, 3.63) is 0 Å². The Morgan fingerprint density at radius 2 is 2.45 bits per heavy atom. The number of nitrogens with one attached hydrogen (secondary N) is 1. The van der Waals surface area contributed by atoms with E-state index in [0.717, 1.165) is 16.5 Å². The highest BCUT2D eigenvalue weighted by molar-refractivity contribution is 8.01. The third-order valence-electron chi connectivity index (χ3n) is 0.960. The minimum absolute atomic E-state index is 0.670. The summed E-state index contributed by atoms with van der Waals surface area (Å²) in [6.45, 7) is 2.14. The van der Waals surface area contributed by atoms with E-state index in [1.165, 1.54) is 11.3 Å². The second kappa shape index (κ2) is 4.53. The Balaban J connectivity index is 2.44. The zero-order valence-electron chi connectivity index (χ0n) is 6.20. The Morgan fingerprint density at radius 3 is 3.00 bits per heavy atom. The van der Waals surface area contributed by atoms with Gasteiger partial charge in [-0.1, -0.05) is 30.0 Å². The fourth-order valence-corrected chi connectivity index (χ4v) is 2.10. The first-order chi connectivity index (χ1) is 5.36. The van der Waals surface area contributed by atoms with Crippen LogP contribution in [-0.2, 0) is 0 Å². The molecule has 0 atom stereocenters. The van der Waals surface area contributed by atoms with Gasteiger partial charge in [0.1, 0.15) is 0 Å². The van der Waals surface area contributed by atoms with Gasteiger partial charge in [-0.15, -0.1) is 10.2 Å². The zero-order valence-corrected chi connectivity index (χ0v) is 7.84. The van der Waals surface area contributed by atoms with E-state index in [1.54, 1.807) is 11.8 Å². The van der Waals surface area contributed by atoms with Gasteiger partial charge in [0, 0.05) is 5.75 Å². The number of aromatic nitrogens is 2. The highest BCUT2D eigenvalue weighted by Gasteiger charge is 2.00. The number of hydrazine groups is 1. The molecule has 4 nitrogen and oxygen atoms in total. The van der Waals surface area contributed by atoms with Crippen LogP contribution < -0.4 is 11.3 Å². The lowest BCUT2D eigenvalue weighted by Crippen LogP contribution is -2.05. The molecule has 0 spiro atoms. The molecule has 0 aliphatic rings. The number of hydrogen-bond acceptors (Lipinski definition) is 6. The van der Waals surface area contributed by atoms with Crippen molar-refractivity contribution in [3.63, 3.8) is 0 Å². The van der Waals surface area contributed by atoms with E-state index >= 15 is 0 Å². The van der Waals surface area contributed by atoms with E-state index in [0.29, 0.717) is 5.13 Å². The molecule has 1 aromatic heterocycles. The summed E-state index contributed by atoms with van der Waals surface area (Å²) < 4.78 is 0.972. The number of nitrogens with zero attached hydrogens (tertiary/aromatic N) is 2. The first-order valence-electron chi connectivity index (χ1n) is 3.29. The molecule has 0 aliphatic heterocycles. The minimum atomic E-state index is 0.670. The topological polar surface area (TPSA) is 63.8 Å². The molecule has 3 N–H and O–H groups in total. The largest absolute Gasteiger partial charge is 0.298 e. The van der Waals surface area contributed by atoms with Gasteiger partial charge in [-0.2, -0.15) is 0 Å². The van der Waals surface area contributed by atoms with E-state index in [9.17, 15) is 0 Å². The molecule has 0 bridgehead atoms. The lowest BCUT2D eigenvalue weighted by Gasteiger charge is -1.88. The van der Waals surface area contributed by atoms with Crippen molar-refractivity contribution in [2.24, 2.45) is 5.84 Å². The number of anilines is 1. The lowest BCUT2D eigenvalue weighted by molar-refractivity contribution is 1.00. The number of thioether (sulfide) groups is 1. The Labute approximate surface area is 73.6 Å². The van der Waals surface area contributed by atoms with Gasteiger partial charge in [-0.05, 0) is 6.42 Å². The SMILES string of the molecule is CCCSc1nnc(NN)s1. The monoisotopic (exact) mass is 190 g/mol. The third-order valence-corrected chi connectivity index (χ3v) is 3.15. The fourth-order valence-electron chi connectivity index (χ4n) is 0.516. The molecule has 0 unspecified atom stereocenters. The van der Waals surface area contributed by atoms with Crippen LogP contribution in [0.5, 0.6) is 0 Å². The Morgan fingerprint density at radius 1 is 1.64 bits per heavy atom. The summed E-state index contributed by atoms with van der Waals surface area (Å²) in [5, 5.41) is 8.38. The van der Waals surface area contributed by atoms with E-state index < -0.39 is 0 Å². The summed E-state index contributed by atoms with van der Waals surface area (Å²) in [6.07, 6.45) is 1.15. The molecule has 0 aromatic carbocycles. The van der Waals surface area contributed by atoms with Crippen molar-refractivity contribution in [2.75, 3.05) is 11.2 Å². The van der Waals surface area contributed by atoms with E-state index in [2.05, 4.69) is 22.5 Å². The Kier molecular flexibility index (Phi) is 3.61.